The topological polar surface area (TPSA) is 50.1 Å². The van der Waals surface area contributed by atoms with Crippen molar-refractivity contribution in [1.82, 2.24) is 15.1 Å². The van der Waals surface area contributed by atoms with Crippen molar-refractivity contribution in [3.63, 3.8) is 0 Å². The lowest BCUT2D eigenvalue weighted by molar-refractivity contribution is 0.00928. The molecular formula is C12H20ClN3O. The van der Waals surface area contributed by atoms with E-state index in [4.69, 9.17) is 11.6 Å². The molecule has 1 fully saturated rings. The molecule has 1 aromatic rings. The highest BCUT2D eigenvalue weighted by atomic mass is 35.5. The minimum atomic E-state index is -0.631. The lowest BCUT2D eigenvalue weighted by Gasteiger charge is -2.32. The van der Waals surface area contributed by atoms with E-state index in [2.05, 4.69) is 10.4 Å². The van der Waals surface area contributed by atoms with Gasteiger partial charge in [-0.05, 0) is 32.4 Å². The molecule has 0 unspecified atom stereocenters. The average Bonchev–Trinajstić information content (AvgIpc) is 2.57. The maximum absolute atomic E-state index is 10.5. The van der Waals surface area contributed by atoms with Crippen LogP contribution in [-0.4, -0.2) is 33.6 Å². The predicted molar refractivity (Wildman–Crippen MR) is 68.4 cm³/mol. The molecule has 1 saturated heterocycles. The summed E-state index contributed by atoms with van der Waals surface area (Å²) in [6, 6.07) is 0. The zero-order valence-corrected chi connectivity index (χ0v) is 11.2. The molecule has 1 aromatic heterocycles. The van der Waals surface area contributed by atoms with Crippen LogP contribution in [-0.2, 0) is 19.9 Å². The van der Waals surface area contributed by atoms with E-state index in [1.807, 2.05) is 14.0 Å². The molecule has 1 aliphatic rings. The molecule has 17 heavy (non-hydrogen) atoms. The van der Waals surface area contributed by atoms with Crippen molar-refractivity contribution in [3.8, 4) is 0 Å². The fourth-order valence-electron chi connectivity index (χ4n) is 2.39. The molecule has 4 nitrogen and oxygen atoms in total. The number of hydrogen-bond donors (Lipinski definition) is 2. The highest BCUT2D eigenvalue weighted by Crippen LogP contribution is 2.28. The van der Waals surface area contributed by atoms with E-state index in [0.717, 1.165) is 48.8 Å². The minimum absolute atomic E-state index is 0.594. The van der Waals surface area contributed by atoms with Crippen molar-refractivity contribution >= 4 is 11.6 Å². The normalized spacial score (nSPS) is 19.5. The van der Waals surface area contributed by atoms with Gasteiger partial charge in [-0.3, -0.25) is 4.68 Å². The predicted octanol–water partition coefficient (Wildman–Crippen LogP) is 1.29. The number of rotatable bonds is 3. The van der Waals surface area contributed by atoms with Gasteiger partial charge in [0.05, 0.1) is 22.0 Å². The van der Waals surface area contributed by atoms with E-state index >= 15 is 0 Å². The summed E-state index contributed by atoms with van der Waals surface area (Å²) in [4.78, 5) is 0. The highest BCUT2D eigenvalue weighted by Gasteiger charge is 2.31. The molecule has 0 aromatic carbocycles. The Bertz CT molecular complexity index is 397. The van der Waals surface area contributed by atoms with Gasteiger partial charge in [0.1, 0.15) is 0 Å². The summed E-state index contributed by atoms with van der Waals surface area (Å²) in [6.45, 7) is 3.77. The smallest absolute Gasteiger partial charge is 0.0850 e. The quantitative estimate of drug-likeness (QED) is 0.858. The van der Waals surface area contributed by atoms with Crippen molar-refractivity contribution in [2.24, 2.45) is 7.05 Å². The standard InChI is InChI=1S/C12H20ClN3O/c1-3-9-11(13)10(16(2)15-9)8-12(17)4-6-14-7-5-12/h14,17H,3-8H2,1-2H3. The van der Waals surface area contributed by atoms with Gasteiger partial charge in [0.15, 0.2) is 0 Å². The van der Waals surface area contributed by atoms with Crippen LogP contribution in [0, 0.1) is 0 Å². The van der Waals surface area contributed by atoms with Crippen LogP contribution >= 0.6 is 11.6 Å². The number of aryl methyl sites for hydroxylation is 2. The molecule has 96 valence electrons. The molecule has 2 rings (SSSR count). The summed E-state index contributed by atoms with van der Waals surface area (Å²) in [5, 5.41) is 18.9. The van der Waals surface area contributed by atoms with Crippen LogP contribution in [0.15, 0.2) is 0 Å². The summed E-state index contributed by atoms with van der Waals surface area (Å²) in [6.07, 6.45) is 2.97. The third-order valence-electron chi connectivity index (χ3n) is 3.53. The first-order chi connectivity index (χ1) is 8.06. The summed E-state index contributed by atoms with van der Waals surface area (Å²) in [7, 11) is 1.89. The molecule has 0 amide bonds. The van der Waals surface area contributed by atoms with Crippen LogP contribution in [0.1, 0.15) is 31.2 Å². The van der Waals surface area contributed by atoms with Crippen molar-refractivity contribution in [1.29, 1.82) is 0 Å². The van der Waals surface area contributed by atoms with Crippen molar-refractivity contribution in [2.45, 2.75) is 38.2 Å². The average molecular weight is 258 g/mol. The fourth-order valence-corrected chi connectivity index (χ4v) is 2.75. The lowest BCUT2D eigenvalue weighted by Crippen LogP contribution is -2.43. The maximum Gasteiger partial charge on any atom is 0.0850 e. The first-order valence-corrected chi connectivity index (χ1v) is 6.57. The number of nitrogens with one attached hydrogen (secondary N) is 1. The number of aliphatic hydroxyl groups is 1. The van der Waals surface area contributed by atoms with Gasteiger partial charge in [0.25, 0.3) is 0 Å². The van der Waals surface area contributed by atoms with Crippen LogP contribution in [0.5, 0.6) is 0 Å². The van der Waals surface area contributed by atoms with E-state index < -0.39 is 5.60 Å². The van der Waals surface area contributed by atoms with Crippen molar-refractivity contribution < 1.29 is 5.11 Å². The molecule has 0 radical (unpaired) electrons. The van der Waals surface area contributed by atoms with Gasteiger partial charge in [-0.15, -0.1) is 0 Å². The summed E-state index contributed by atoms with van der Waals surface area (Å²) < 4.78 is 1.81. The zero-order chi connectivity index (χ0) is 12.5. The van der Waals surface area contributed by atoms with Gasteiger partial charge in [0.2, 0.25) is 0 Å². The lowest BCUT2D eigenvalue weighted by atomic mass is 9.87. The molecule has 2 heterocycles. The Labute approximate surface area is 107 Å². The van der Waals surface area contributed by atoms with Gasteiger partial charge in [-0.2, -0.15) is 5.10 Å². The van der Waals surface area contributed by atoms with E-state index in [1.54, 1.807) is 4.68 Å². The molecule has 0 bridgehead atoms. The van der Waals surface area contributed by atoms with Gasteiger partial charge in [0, 0.05) is 13.5 Å². The number of aromatic nitrogens is 2. The molecule has 0 aliphatic carbocycles. The third kappa shape index (κ3) is 2.64. The Morgan fingerprint density at radius 1 is 1.47 bits per heavy atom. The van der Waals surface area contributed by atoms with Crippen molar-refractivity contribution in [3.05, 3.63) is 16.4 Å². The Morgan fingerprint density at radius 3 is 2.65 bits per heavy atom. The number of halogens is 1. The van der Waals surface area contributed by atoms with Crippen LogP contribution < -0.4 is 5.32 Å². The summed E-state index contributed by atoms with van der Waals surface area (Å²) in [5.74, 6) is 0. The van der Waals surface area contributed by atoms with E-state index in [-0.39, 0.29) is 0 Å². The maximum atomic E-state index is 10.5. The van der Waals surface area contributed by atoms with Crippen LogP contribution in [0.25, 0.3) is 0 Å². The SMILES string of the molecule is CCc1nn(C)c(CC2(O)CCNCC2)c1Cl. The van der Waals surface area contributed by atoms with Crippen LogP contribution in [0.2, 0.25) is 5.02 Å². The Balaban J connectivity index is 2.20. The first-order valence-electron chi connectivity index (χ1n) is 6.19. The Morgan fingerprint density at radius 2 is 2.12 bits per heavy atom. The minimum Gasteiger partial charge on any atom is -0.389 e. The summed E-state index contributed by atoms with van der Waals surface area (Å²) in [5.41, 5.74) is 1.24. The number of nitrogens with zero attached hydrogens (tertiary/aromatic N) is 2. The van der Waals surface area contributed by atoms with Gasteiger partial charge in [-0.25, -0.2) is 0 Å². The third-order valence-corrected chi connectivity index (χ3v) is 3.97. The number of hydrogen-bond acceptors (Lipinski definition) is 3. The van der Waals surface area contributed by atoms with E-state index in [9.17, 15) is 5.11 Å². The molecule has 0 saturated carbocycles. The Hall–Kier alpha value is -0.580. The zero-order valence-electron chi connectivity index (χ0n) is 10.5. The van der Waals surface area contributed by atoms with Gasteiger partial charge in [-0.1, -0.05) is 18.5 Å². The fraction of sp³-hybridized carbons (Fsp3) is 0.750. The van der Waals surface area contributed by atoms with Crippen LogP contribution in [0.3, 0.4) is 0 Å². The largest absolute Gasteiger partial charge is 0.389 e. The molecule has 5 heteroatoms. The molecule has 2 N–H and O–H groups in total. The monoisotopic (exact) mass is 257 g/mol. The van der Waals surface area contributed by atoms with Crippen LogP contribution in [0.4, 0.5) is 0 Å². The first kappa shape index (κ1) is 12.9. The molecule has 1 aliphatic heterocycles. The second-order valence-electron chi connectivity index (χ2n) is 4.84. The molecule has 0 spiro atoms. The number of piperidine rings is 1. The molecular weight excluding hydrogens is 238 g/mol. The second-order valence-corrected chi connectivity index (χ2v) is 5.21. The van der Waals surface area contributed by atoms with Gasteiger partial charge < -0.3 is 10.4 Å². The van der Waals surface area contributed by atoms with Gasteiger partial charge >= 0.3 is 0 Å². The van der Waals surface area contributed by atoms with E-state index in [1.165, 1.54) is 0 Å². The van der Waals surface area contributed by atoms with E-state index in [0.29, 0.717) is 6.42 Å². The summed E-state index contributed by atoms with van der Waals surface area (Å²) >= 11 is 6.30. The Kier molecular flexibility index (Phi) is 3.76. The highest BCUT2D eigenvalue weighted by molar-refractivity contribution is 6.31. The van der Waals surface area contributed by atoms with Crippen molar-refractivity contribution in [2.75, 3.05) is 13.1 Å². The second kappa shape index (κ2) is 4.96. The molecule has 0 atom stereocenters.